The van der Waals surface area contributed by atoms with Gasteiger partial charge in [0.1, 0.15) is 0 Å². The molecule has 1 aromatic carbocycles. The number of hydrogen-bond donors (Lipinski definition) is 1. The molecule has 0 atom stereocenters. The number of hydrogen-bond acceptors (Lipinski definition) is 3. The van der Waals surface area contributed by atoms with Crippen molar-refractivity contribution in [1.29, 1.82) is 0 Å². The minimum Gasteiger partial charge on any atom is -0.342 e. The molecule has 3 nitrogen and oxygen atoms in total. The number of nitrogens with zero attached hydrogens (tertiary/aromatic N) is 1. The molecule has 1 heterocycles. The summed E-state index contributed by atoms with van der Waals surface area (Å²) in [6.07, 6.45) is 2.10. The number of rotatable bonds is 4. The van der Waals surface area contributed by atoms with Crippen molar-refractivity contribution >= 4 is 29.3 Å². The zero-order chi connectivity index (χ0) is 13.7. The highest BCUT2D eigenvalue weighted by atomic mass is 35.5. The normalized spacial score (nSPS) is 16.6. The Bertz CT molecular complexity index is 416. The lowest BCUT2D eigenvalue weighted by molar-refractivity contribution is -0.129. The number of piperidine rings is 1. The molecule has 0 bridgehead atoms. The first-order chi connectivity index (χ1) is 9.19. The van der Waals surface area contributed by atoms with Crippen LogP contribution in [0.15, 0.2) is 29.2 Å². The van der Waals surface area contributed by atoms with E-state index in [1.54, 1.807) is 11.8 Å². The fourth-order valence-electron chi connectivity index (χ4n) is 2.18. The summed E-state index contributed by atoms with van der Waals surface area (Å²) in [6, 6.07) is 8.17. The number of halogens is 1. The van der Waals surface area contributed by atoms with Crippen LogP contribution in [0.4, 0.5) is 0 Å². The lowest BCUT2D eigenvalue weighted by atomic mass is 10.1. The van der Waals surface area contributed by atoms with E-state index in [0.29, 0.717) is 11.8 Å². The first kappa shape index (κ1) is 14.7. The standard InChI is InChI=1S/C14H19ClN2OS/c1-16-12-6-8-17(9-7-12)14(18)10-19-13-4-2-11(15)3-5-13/h2-5,12,16H,6-10H2,1H3. The second kappa shape index (κ2) is 7.17. The molecule has 104 valence electrons. The molecule has 0 aliphatic carbocycles. The maximum absolute atomic E-state index is 12.1. The van der Waals surface area contributed by atoms with E-state index in [1.807, 2.05) is 36.2 Å². The van der Waals surface area contributed by atoms with Crippen molar-refractivity contribution in [3.8, 4) is 0 Å². The minimum atomic E-state index is 0.231. The molecule has 0 radical (unpaired) electrons. The molecule has 1 amide bonds. The van der Waals surface area contributed by atoms with E-state index in [1.165, 1.54) is 0 Å². The quantitative estimate of drug-likeness (QED) is 0.867. The summed E-state index contributed by atoms with van der Waals surface area (Å²) in [7, 11) is 1.98. The van der Waals surface area contributed by atoms with Crippen molar-refractivity contribution in [3.63, 3.8) is 0 Å². The average Bonchev–Trinajstić information content (AvgIpc) is 2.46. The Morgan fingerprint density at radius 1 is 1.37 bits per heavy atom. The van der Waals surface area contributed by atoms with Crippen molar-refractivity contribution in [3.05, 3.63) is 29.3 Å². The van der Waals surface area contributed by atoms with Crippen LogP contribution in [0.3, 0.4) is 0 Å². The zero-order valence-corrected chi connectivity index (χ0v) is 12.6. The van der Waals surface area contributed by atoms with Gasteiger partial charge in [0.25, 0.3) is 0 Å². The number of thioether (sulfide) groups is 1. The van der Waals surface area contributed by atoms with Crippen LogP contribution < -0.4 is 5.32 Å². The Hall–Kier alpha value is -0.710. The Morgan fingerprint density at radius 2 is 2.00 bits per heavy atom. The molecule has 1 saturated heterocycles. The molecule has 0 spiro atoms. The SMILES string of the molecule is CNC1CCN(C(=O)CSc2ccc(Cl)cc2)CC1. The molecule has 0 saturated carbocycles. The molecule has 5 heteroatoms. The fourth-order valence-corrected chi connectivity index (χ4v) is 3.11. The molecule has 0 aromatic heterocycles. The minimum absolute atomic E-state index is 0.231. The second-order valence-corrected chi connectivity index (χ2v) is 6.17. The first-order valence-electron chi connectivity index (χ1n) is 6.52. The van der Waals surface area contributed by atoms with Gasteiger partial charge in [-0.05, 0) is 44.2 Å². The highest BCUT2D eigenvalue weighted by molar-refractivity contribution is 8.00. The number of amides is 1. The summed E-state index contributed by atoms with van der Waals surface area (Å²) < 4.78 is 0. The van der Waals surface area contributed by atoms with Gasteiger partial charge in [0.2, 0.25) is 5.91 Å². The van der Waals surface area contributed by atoms with Gasteiger partial charge < -0.3 is 10.2 Å². The van der Waals surface area contributed by atoms with E-state index >= 15 is 0 Å². The number of carbonyl (C=O) groups is 1. The van der Waals surface area contributed by atoms with Crippen molar-refractivity contribution in [1.82, 2.24) is 10.2 Å². The average molecular weight is 299 g/mol. The van der Waals surface area contributed by atoms with Gasteiger partial charge in [-0.3, -0.25) is 4.79 Å². The molecule has 1 aromatic rings. The Kier molecular flexibility index (Phi) is 5.55. The van der Waals surface area contributed by atoms with Crippen molar-refractivity contribution in [2.75, 3.05) is 25.9 Å². The van der Waals surface area contributed by atoms with Crippen LogP contribution in [0.5, 0.6) is 0 Å². The summed E-state index contributed by atoms with van der Waals surface area (Å²) in [5.74, 6) is 0.737. The predicted octanol–water partition coefficient (Wildman–Crippen LogP) is 2.64. The van der Waals surface area contributed by atoms with Crippen LogP contribution in [-0.2, 0) is 4.79 Å². The van der Waals surface area contributed by atoms with Gasteiger partial charge in [0.15, 0.2) is 0 Å². The van der Waals surface area contributed by atoms with E-state index < -0.39 is 0 Å². The monoisotopic (exact) mass is 298 g/mol. The number of nitrogens with one attached hydrogen (secondary N) is 1. The smallest absolute Gasteiger partial charge is 0.232 e. The third-order valence-electron chi connectivity index (χ3n) is 3.43. The molecule has 2 rings (SSSR count). The Morgan fingerprint density at radius 3 is 2.58 bits per heavy atom. The maximum atomic E-state index is 12.1. The van der Waals surface area contributed by atoms with Gasteiger partial charge in [-0.2, -0.15) is 0 Å². The van der Waals surface area contributed by atoms with Crippen molar-refractivity contribution in [2.24, 2.45) is 0 Å². The molecule has 1 aliphatic rings. The van der Waals surface area contributed by atoms with Gasteiger partial charge >= 0.3 is 0 Å². The summed E-state index contributed by atoms with van der Waals surface area (Å²) >= 11 is 7.41. The largest absolute Gasteiger partial charge is 0.342 e. The lowest BCUT2D eigenvalue weighted by Gasteiger charge is -2.31. The number of benzene rings is 1. The number of likely N-dealkylation sites (tertiary alicyclic amines) is 1. The molecule has 1 N–H and O–H groups in total. The first-order valence-corrected chi connectivity index (χ1v) is 7.89. The maximum Gasteiger partial charge on any atom is 0.232 e. The van der Waals surface area contributed by atoms with Crippen LogP contribution in [0.2, 0.25) is 5.02 Å². The van der Waals surface area contributed by atoms with Gasteiger partial charge in [-0.1, -0.05) is 11.6 Å². The molecule has 19 heavy (non-hydrogen) atoms. The second-order valence-electron chi connectivity index (χ2n) is 4.69. The van der Waals surface area contributed by atoms with Gasteiger partial charge in [0, 0.05) is 29.0 Å². The topological polar surface area (TPSA) is 32.3 Å². The summed E-state index contributed by atoms with van der Waals surface area (Å²) in [5.41, 5.74) is 0. The highest BCUT2D eigenvalue weighted by Crippen LogP contribution is 2.21. The van der Waals surface area contributed by atoms with Crippen LogP contribution in [0, 0.1) is 0 Å². The third kappa shape index (κ3) is 4.41. The molecule has 1 aliphatic heterocycles. The van der Waals surface area contributed by atoms with E-state index in [4.69, 9.17) is 11.6 Å². The summed E-state index contributed by atoms with van der Waals surface area (Å²) in [5, 5.41) is 4.00. The van der Waals surface area contributed by atoms with E-state index in [2.05, 4.69) is 5.32 Å². The lowest BCUT2D eigenvalue weighted by Crippen LogP contribution is -2.44. The summed E-state index contributed by atoms with van der Waals surface area (Å²) in [4.78, 5) is 15.1. The zero-order valence-electron chi connectivity index (χ0n) is 11.1. The van der Waals surface area contributed by atoms with Crippen molar-refractivity contribution < 1.29 is 4.79 Å². The van der Waals surface area contributed by atoms with Gasteiger partial charge in [-0.15, -0.1) is 11.8 Å². The molecule has 0 unspecified atom stereocenters. The van der Waals surface area contributed by atoms with Crippen LogP contribution >= 0.6 is 23.4 Å². The van der Waals surface area contributed by atoms with E-state index in [0.717, 1.165) is 35.8 Å². The fraction of sp³-hybridized carbons (Fsp3) is 0.500. The molecule has 1 fully saturated rings. The van der Waals surface area contributed by atoms with Crippen molar-refractivity contribution in [2.45, 2.75) is 23.8 Å². The Labute approximate surface area is 123 Å². The summed E-state index contributed by atoms with van der Waals surface area (Å²) in [6.45, 7) is 1.73. The molecular formula is C14H19ClN2OS. The molecular weight excluding hydrogens is 280 g/mol. The predicted molar refractivity (Wildman–Crippen MR) is 80.8 cm³/mol. The number of carbonyl (C=O) groups excluding carboxylic acids is 1. The third-order valence-corrected chi connectivity index (χ3v) is 4.68. The Balaban J connectivity index is 1.77. The van der Waals surface area contributed by atoms with E-state index in [-0.39, 0.29) is 5.91 Å². The van der Waals surface area contributed by atoms with Crippen LogP contribution in [0.25, 0.3) is 0 Å². The highest BCUT2D eigenvalue weighted by Gasteiger charge is 2.21. The van der Waals surface area contributed by atoms with Gasteiger partial charge in [0.05, 0.1) is 5.75 Å². The van der Waals surface area contributed by atoms with Gasteiger partial charge in [-0.25, -0.2) is 0 Å². The van der Waals surface area contributed by atoms with Crippen LogP contribution in [-0.4, -0.2) is 42.7 Å². The van der Waals surface area contributed by atoms with Crippen LogP contribution in [0.1, 0.15) is 12.8 Å². The van der Waals surface area contributed by atoms with E-state index in [9.17, 15) is 4.79 Å².